The van der Waals surface area contributed by atoms with Gasteiger partial charge in [-0.05, 0) is 75.8 Å². The Hall–Kier alpha value is -4.47. The number of hydrogen-bond acceptors (Lipinski definition) is 11. The van der Waals surface area contributed by atoms with Crippen molar-refractivity contribution in [3.63, 3.8) is 0 Å². The van der Waals surface area contributed by atoms with Gasteiger partial charge in [0.25, 0.3) is 5.91 Å². The first-order valence-electron chi connectivity index (χ1n) is 18.7. The summed E-state index contributed by atoms with van der Waals surface area (Å²) in [5.74, 6) is -1.77. The van der Waals surface area contributed by atoms with Crippen molar-refractivity contribution in [2.24, 2.45) is 11.3 Å². The molecule has 0 bridgehead atoms. The molecule has 4 aliphatic rings. The van der Waals surface area contributed by atoms with E-state index in [4.69, 9.17) is 24.2 Å². The van der Waals surface area contributed by atoms with Crippen LogP contribution in [0.1, 0.15) is 91.7 Å². The normalized spacial score (nSPS) is 25.4. The number of likely N-dealkylation sites (tertiary alicyclic amines) is 1. The van der Waals surface area contributed by atoms with E-state index in [1.807, 2.05) is 6.92 Å². The van der Waals surface area contributed by atoms with E-state index in [0.29, 0.717) is 41.7 Å². The Morgan fingerprint density at radius 1 is 1.09 bits per heavy atom. The van der Waals surface area contributed by atoms with Crippen LogP contribution in [0.15, 0.2) is 30.9 Å². The van der Waals surface area contributed by atoms with E-state index in [2.05, 4.69) is 21.9 Å². The van der Waals surface area contributed by atoms with E-state index in [1.165, 1.54) is 11.0 Å². The Bertz CT molecular complexity index is 1940. The maximum Gasteiger partial charge on any atom is 0.408 e. The number of aromatic nitrogens is 2. The van der Waals surface area contributed by atoms with E-state index in [-0.39, 0.29) is 31.4 Å². The van der Waals surface area contributed by atoms with Gasteiger partial charge in [-0.3, -0.25) is 19.1 Å². The maximum absolute atomic E-state index is 14.6. The highest BCUT2D eigenvalue weighted by atomic mass is 32.2. The summed E-state index contributed by atoms with van der Waals surface area (Å²) in [7, 11) is -2.45. The number of methoxy groups -OCH3 is 1. The average Bonchev–Trinajstić information content (AvgIpc) is 3.90. The van der Waals surface area contributed by atoms with Crippen molar-refractivity contribution < 1.29 is 41.8 Å². The standard InChI is InChI=1S/C38H52N6O9S/c1-8-22-20-38(22,34(47)43-54(49,50)37(6)16-17-37)42-31(45)29-19-25(52-32-26(9-2)39-27-15-14-24(51-7)18-28(27)40-32)21-44(29)33(46)30(36(3,4)5)41-35(48)53-23-12-10-11-13-23/h8,14-15,18,22-23,25,29-30H,1,9-13,16-17,19-21H2,2-7H3,(H,41,48)(H,42,45)(H,43,47)/t22-,25-,29+,30-,38-/m1/s1. The van der Waals surface area contributed by atoms with Crippen LogP contribution < -0.4 is 24.8 Å². The first-order chi connectivity index (χ1) is 25.4. The highest BCUT2D eigenvalue weighted by Gasteiger charge is 2.63. The Labute approximate surface area is 316 Å². The number of nitrogens with zero attached hydrogens (tertiary/aromatic N) is 3. The molecule has 1 aromatic heterocycles. The summed E-state index contributed by atoms with van der Waals surface area (Å²) in [6.07, 6.45) is 4.71. The van der Waals surface area contributed by atoms with Crippen LogP contribution in [0.5, 0.6) is 11.6 Å². The topological polar surface area (TPSA) is 195 Å². The molecule has 15 nitrogen and oxygen atoms in total. The number of alkyl carbamates (subject to hydrolysis) is 1. The fraction of sp³-hybridized carbons (Fsp3) is 0.632. The maximum atomic E-state index is 14.6. The Kier molecular flexibility index (Phi) is 10.6. The summed E-state index contributed by atoms with van der Waals surface area (Å²) in [6, 6.07) is 3.07. The number of ether oxygens (including phenoxy) is 3. The molecule has 0 spiro atoms. The lowest BCUT2D eigenvalue weighted by Gasteiger charge is -2.35. The number of sulfonamides is 1. The minimum absolute atomic E-state index is 0.00869. The summed E-state index contributed by atoms with van der Waals surface area (Å²) in [4.78, 5) is 66.5. The predicted molar refractivity (Wildman–Crippen MR) is 199 cm³/mol. The molecule has 16 heteroatoms. The molecule has 4 amide bonds. The van der Waals surface area contributed by atoms with Crippen LogP contribution in [0.2, 0.25) is 0 Å². The van der Waals surface area contributed by atoms with E-state index in [0.717, 1.165) is 25.7 Å². The molecule has 2 aromatic rings. The second kappa shape index (κ2) is 14.6. The van der Waals surface area contributed by atoms with Gasteiger partial charge in [0.1, 0.15) is 41.3 Å². The van der Waals surface area contributed by atoms with Crippen LogP contribution in [-0.2, 0) is 35.6 Å². The van der Waals surface area contributed by atoms with E-state index in [9.17, 15) is 27.6 Å². The summed E-state index contributed by atoms with van der Waals surface area (Å²) in [5.41, 5.74) is -0.618. The Balaban J connectivity index is 1.29. The number of carbonyl (C=O) groups is 4. The highest BCUT2D eigenvalue weighted by molar-refractivity contribution is 7.91. The molecule has 3 saturated carbocycles. The van der Waals surface area contributed by atoms with Crippen LogP contribution in [0.4, 0.5) is 4.79 Å². The summed E-state index contributed by atoms with van der Waals surface area (Å²) in [6.45, 7) is 12.6. The third-order valence-corrected chi connectivity index (χ3v) is 13.4. The van der Waals surface area contributed by atoms with Crippen molar-refractivity contribution in [3.05, 3.63) is 36.5 Å². The lowest BCUT2D eigenvalue weighted by atomic mass is 9.85. The van der Waals surface area contributed by atoms with Gasteiger partial charge in [0, 0.05) is 18.4 Å². The van der Waals surface area contributed by atoms with Crippen LogP contribution in [-0.4, -0.2) is 95.3 Å². The SMILES string of the molecule is C=C[C@@H]1C[C@]1(NC(=O)[C@@H]1C[C@@H](Oc2nc3cc(OC)ccc3nc2CC)CN1C(=O)[C@@H](NC(=O)OC1CCCC1)C(C)(C)C)C(=O)NS(=O)(=O)C1(C)CC1. The van der Waals surface area contributed by atoms with Gasteiger partial charge in [-0.25, -0.2) is 23.2 Å². The van der Waals surface area contributed by atoms with Crippen LogP contribution >= 0.6 is 0 Å². The smallest absolute Gasteiger partial charge is 0.408 e. The molecule has 4 fully saturated rings. The molecule has 294 valence electrons. The molecule has 1 aliphatic heterocycles. The molecule has 1 saturated heterocycles. The molecule has 0 unspecified atom stereocenters. The second-order valence-electron chi connectivity index (χ2n) is 16.3. The first kappa shape index (κ1) is 39.2. The molecule has 0 radical (unpaired) electrons. The Morgan fingerprint density at radius 3 is 2.39 bits per heavy atom. The van der Waals surface area contributed by atoms with Gasteiger partial charge in [0.15, 0.2) is 0 Å². The molecule has 5 atom stereocenters. The molecule has 3 aliphatic carbocycles. The van der Waals surface area contributed by atoms with E-state index >= 15 is 0 Å². The monoisotopic (exact) mass is 768 g/mol. The van der Waals surface area contributed by atoms with Gasteiger partial charge in [-0.2, -0.15) is 0 Å². The molecule has 3 N–H and O–H groups in total. The van der Waals surface area contributed by atoms with Gasteiger partial charge >= 0.3 is 6.09 Å². The number of rotatable bonds is 13. The van der Waals surface area contributed by atoms with Crippen molar-refractivity contribution in [2.75, 3.05) is 13.7 Å². The van der Waals surface area contributed by atoms with E-state index < -0.39 is 73.6 Å². The summed E-state index contributed by atoms with van der Waals surface area (Å²) < 4.78 is 44.7. The quantitative estimate of drug-likeness (QED) is 0.252. The molecular formula is C38H52N6O9S. The number of amides is 4. The van der Waals surface area contributed by atoms with Gasteiger partial charge in [0.05, 0.1) is 29.4 Å². The number of nitrogens with one attached hydrogen (secondary N) is 3. The van der Waals surface area contributed by atoms with Gasteiger partial charge < -0.3 is 29.7 Å². The molecule has 6 rings (SSSR count). The van der Waals surface area contributed by atoms with Crippen molar-refractivity contribution >= 4 is 44.9 Å². The zero-order valence-electron chi connectivity index (χ0n) is 31.9. The van der Waals surface area contributed by atoms with Crippen LogP contribution in [0, 0.1) is 11.3 Å². The molecular weight excluding hydrogens is 717 g/mol. The fourth-order valence-electron chi connectivity index (χ4n) is 7.28. The predicted octanol–water partition coefficient (Wildman–Crippen LogP) is 3.69. The number of aryl methyl sites for hydroxylation is 1. The minimum Gasteiger partial charge on any atom is -0.497 e. The fourth-order valence-corrected chi connectivity index (χ4v) is 8.59. The largest absolute Gasteiger partial charge is 0.497 e. The van der Waals surface area contributed by atoms with Crippen molar-refractivity contribution in [3.8, 4) is 11.6 Å². The second-order valence-corrected chi connectivity index (χ2v) is 18.5. The molecule has 54 heavy (non-hydrogen) atoms. The highest BCUT2D eigenvalue weighted by Crippen LogP contribution is 2.47. The number of fused-ring (bicyclic) bond motifs is 1. The Morgan fingerprint density at radius 2 is 1.80 bits per heavy atom. The van der Waals surface area contributed by atoms with Gasteiger partial charge in [0.2, 0.25) is 27.7 Å². The number of benzene rings is 1. The zero-order valence-corrected chi connectivity index (χ0v) is 32.7. The van der Waals surface area contributed by atoms with E-state index in [1.54, 1.807) is 53.0 Å². The third kappa shape index (κ3) is 7.85. The molecule has 1 aromatic carbocycles. The zero-order chi connectivity index (χ0) is 39.2. The average molecular weight is 769 g/mol. The van der Waals surface area contributed by atoms with Crippen LogP contribution in [0.25, 0.3) is 11.0 Å². The van der Waals surface area contributed by atoms with Crippen molar-refractivity contribution in [2.45, 2.75) is 127 Å². The first-order valence-corrected chi connectivity index (χ1v) is 20.2. The van der Waals surface area contributed by atoms with Gasteiger partial charge in [-0.1, -0.05) is 33.8 Å². The van der Waals surface area contributed by atoms with Crippen LogP contribution in [0.3, 0.4) is 0 Å². The summed E-state index contributed by atoms with van der Waals surface area (Å²) in [5, 5.41) is 5.58. The number of carbonyl (C=O) groups excluding carboxylic acids is 4. The van der Waals surface area contributed by atoms with Crippen molar-refractivity contribution in [1.82, 2.24) is 30.2 Å². The van der Waals surface area contributed by atoms with Gasteiger partial charge in [-0.15, -0.1) is 6.58 Å². The summed E-state index contributed by atoms with van der Waals surface area (Å²) >= 11 is 0. The third-order valence-electron chi connectivity index (χ3n) is 11.2. The van der Waals surface area contributed by atoms with Crippen molar-refractivity contribution in [1.29, 1.82) is 0 Å². The lowest BCUT2D eigenvalue weighted by molar-refractivity contribution is -0.143. The number of hydrogen-bond donors (Lipinski definition) is 3. The molecule has 2 heterocycles. The lowest BCUT2D eigenvalue weighted by Crippen LogP contribution is -2.60. The minimum atomic E-state index is -4.00.